The standard InChI is InChI=1S/C15H12Cl2FNO2/c1-8-5-9(19)6-10(14(8)18)15(20)21-7-11-12(16)3-2-4-13(11)17/h2-6H,7,19H2,1H3. The molecule has 0 bridgehead atoms. The zero-order chi connectivity index (χ0) is 15.6. The molecule has 2 aromatic carbocycles. The summed E-state index contributed by atoms with van der Waals surface area (Å²) in [5, 5.41) is 0.749. The largest absolute Gasteiger partial charge is 0.457 e. The summed E-state index contributed by atoms with van der Waals surface area (Å²) in [7, 11) is 0. The monoisotopic (exact) mass is 327 g/mol. The van der Waals surface area contributed by atoms with Crippen LogP contribution in [0.1, 0.15) is 21.5 Å². The van der Waals surface area contributed by atoms with Crippen LogP contribution in [0.5, 0.6) is 0 Å². The lowest BCUT2D eigenvalue weighted by molar-refractivity contribution is 0.0467. The number of halogens is 3. The number of nitrogen functional groups attached to an aromatic ring is 1. The maximum atomic E-state index is 13.9. The average molecular weight is 328 g/mol. The summed E-state index contributed by atoms with van der Waals surface area (Å²) in [4.78, 5) is 12.0. The fourth-order valence-corrected chi connectivity index (χ4v) is 2.34. The van der Waals surface area contributed by atoms with Crippen LogP contribution in [0.2, 0.25) is 10.0 Å². The van der Waals surface area contributed by atoms with Crippen LogP contribution in [0.3, 0.4) is 0 Å². The topological polar surface area (TPSA) is 52.3 Å². The summed E-state index contributed by atoms with van der Waals surface area (Å²) in [6.45, 7) is 1.37. The Balaban J connectivity index is 2.20. The number of esters is 1. The molecule has 0 aliphatic rings. The highest BCUT2D eigenvalue weighted by Crippen LogP contribution is 2.26. The van der Waals surface area contributed by atoms with Crippen molar-refractivity contribution in [2.75, 3.05) is 5.73 Å². The van der Waals surface area contributed by atoms with E-state index in [1.54, 1.807) is 18.2 Å². The Hall–Kier alpha value is -1.78. The first-order valence-electron chi connectivity index (χ1n) is 6.05. The van der Waals surface area contributed by atoms with E-state index in [1.807, 2.05) is 0 Å². The number of rotatable bonds is 3. The van der Waals surface area contributed by atoms with Gasteiger partial charge in [-0.2, -0.15) is 0 Å². The van der Waals surface area contributed by atoms with Gasteiger partial charge in [0, 0.05) is 21.3 Å². The smallest absolute Gasteiger partial charge is 0.341 e. The number of hydrogen-bond donors (Lipinski definition) is 1. The van der Waals surface area contributed by atoms with Gasteiger partial charge in [0.25, 0.3) is 0 Å². The van der Waals surface area contributed by atoms with Crippen molar-refractivity contribution in [1.82, 2.24) is 0 Å². The Bertz CT molecular complexity index is 684. The summed E-state index contributed by atoms with van der Waals surface area (Å²) < 4.78 is 19.0. The van der Waals surface area contributed by atoms with Crippen molar-refractivity contribution in [3.8, 4) is 0 Å². The second-order valence-corrected chi connectivity index (χ2v) is 5.29. The van der Waals surface area contributed by atoms with Crippen LogP contribution in [0.25, 0.3) is 0 Å². The predicted molar refractivity (Wildman–Crippen MR) is 81.1 cm³/mol. The molecule has 0 saturated carbocycles. The fourth-order valence-electron chi connectivity index (χ4n) is 1.83. The molecule has 0 spiro atoms. The second kappa shape index (κ2) is 6.33. The van der Waals surface area contributed by atoms with Crippen molar-refractivity contribution in [2.45, 2.75) is 13.5 Å². The minimum atomic E-state index is -0.820. The van der Waals surface area contributed by atoms with Gasteiger partial charge in [-0.3, -0.25) is 0 Å². The van der Waals surface area contributed by atoms with Gasteiger partial charge in [-0.15, -0.1) is 0 Å². The van der Waals surface area contributed by atoms with Gasteiger partial charge < -0.3 is 10.5 Å². The van der Waals surface area contributed by atoms with Crippen molar-refractivity contribution in [2.24, 2.45) is 0 Å². The Morgan fingerprint density at radius 2 is 1.90 bits per heavy atom. The van der Waals surface area contributed by atoms with Gasteiger partial charge in [0.15, 0.2) is 0 Å². The molecule has 0 aromatic heterocycles. The summed E-state index contributed by atoms with van der Waals surface area (Å²) >= 11 is 11.9. The molecule has 0 atom stereocenters. The van der Waals surface area contributed by atoms with E-state index in [-0.39, 0.29) is 23.4 Å². The van der Waals surface area contributed by atoms with Crippen LogP contribution in [0.15, 0.2) is 30.3 Å². The quantitative estimate of drug-likeness (QED) is 0.672. The number of hydrogen-bond acceptors (Lipinski definition) is 3. The van der Waals surface area contributed by atoms with Gasteiger partial charge in [-0.1, -0.05) is 29.3 Å². The minimum Gasteiger partial charge on any atom is -0.457 e. The molecule has 0 heterocycles. The molecule has 0 saturated heterocycles. The number of anilines is 1. The molecule has 0 amide bonds. The maximum absolute atomic E-state index is 13.9. The van der Waals surface area contributed by atoms with Crippen LogP contribution in [-0.2, 0) is 11.3 Å². The van der Waals surface area contributed by atoms with Crippen molar-refractivity contribution in [1.29, 1.82) is 0 Å². The van der Waals surface area contributed by atoms with Crippen LogP contribution >= 0.6 is 23.2 Å². The minimum absolute atomic E-state index is 0.148. The lowest BCUT2D eigenvalue weighted by Gasteiger charge is -2.10. The first-order valence-corrected chi connectivity index (χ1v) is 6.81. The number of aryl methyl sites for hydroxylation is 1. The Labute approximate surface area is 131 Å². The highest BCUT2D eigenvalue weighted by molar-refractivity contribution is 6.35. The lowest BCUT2D eigenvalue weighted by atomic mass is 10.1. The first kappa shape index (κ1) is 15.6. The van der Waals surface area contributed by atoms with Crippen LogP contribution in [0.4, 0.5) is 10.1 Å². The van der Waals surface area contributed by atoms with E-state index in [2.05, 4.69) is 0 Å². The Morgan fingerprint density at radius 3 is 2.52 bits per heavy atom. The van der Waals surface area contributed by atoms with E-state index < -0.39 is 11.8 Å². The molecule has 110 valence electrons. The molecule has 0 aliphatic carbocycles. The number of ether oxygens (including phenoxy) is 1. The molecule has 2 rings (SSSR count). The van der Waals surface area contributed by atoms with Gasteiger partial charge >= 0.3 is 5.97 Å². The van der Waals surface area contributed by atoms with Gasteiger partial charge in [0.2, 0.25) is 0 Å². The van der Waals surface area contributed by atoms with Crippen molar-refractivity contribution >= 4 is 34.9 Å². The van der Waals surface area contributed by atoms with Gasteiger partial charge in [-0.25, -0.2) is 9.18 Å². The molecule has 2 aromatic rings. The molecule has 0 unspecified atom stereocenters. The molecule has 2 N–H and O–H groups in total. The normalized spacial score (nSPS) is 10.5. The molecule has 0 radical (unpaired) electrons. The number of carbonyl (C=O) groups is 1. The van der Waals surface area contributed by atoms with Gasteiger partial charge in [0.1, 0.15) is 12.4 Å². The second-order valence-electron chi connectivity index (χ2n) is 4.48. The molecular formula is C15H12Cl2FNO2. The van der Waals surface area contributed by atoms with Crippen molar-refractivity contribution < 1.29 is 13.9 Å². The number of benzene rings is 2. The summed E-state index contributed by atoms with van der Waals surface area (Å²) in [5.74, 6) is -1.47. The molecule has 0 aliphatic heterocycles. The predicted octanol–water partition coefficient (Wildman–Crippen LogP) is 4.38. The average Bonchev–Trinajstić information content (AvgIpc) is 2.42. The van der Waals surface area contributed by atoms with Crippen LogP contribution in [-0.4, -0.2) is 5.97 Å². The van der Waals surface area contributed by atoms with Crippen molar-refractivity contribution in [3.63, 3.8) is 0 Å². The first-order chi connectivity index (χ1) is 9.90. The SMILES string of the molecule is Cc1cc(N)cc(C(=O)OCc2c(Cl)cccc2Cl)c1F. The third-order valence-electron chi connectivity index (χ3n) is 2.91. The fraction of sp³-hybridized carbons (Fsp3) is 0.133. The third kappa shape index (κ3) is 3.46. The summed E-state index contributed by atoms with van der Waals surface area (Å²) in [5.41, 5.74) is 6.42. The van der Waals surface area contributed by atoms with E-state index in [0.717, 1.165) is 0 Å². The summed E-state index contributed by atoms with van der Waals surface area (Å²) in [6, 6.07) is 7.61. The lowest BCUT2D eigenvalue weighted by Crippen LogP contribution is -2.10. The highest BCUT2D eigenvalue weighted by Gasteiger charge is 2.17. The molecule has 21 heavy (non-hydrogen) atoms. The molecule has 0 fully saturated rings. The van der Waals surface area contributed by atoms with E-state index in [1.165, 1.54) is 19.1 Å². The van der Waals surface area contributed by atoms with Gasteiger partial charge in [-0.05, 0) is 36.8 Å². The Kier molecular flexibility index (Phi) is 4.70. The zero-order valence-electron chi connectivity index (χ0n) is 11.1. The Morgan fingerprint density at radius 1 is 1.29 bits per heavy atom. The van der Waals surface area contributed by atoms with Gasteiger partial charge in [0.05, 0.1) is 5.56 Å². The summed E-state index contributed by atoms with van der Waals surface area (Å²) in [6.07, 6.45) is 0. The van der Waals surface area contributed by atoms with E-state index in [9.17, 15) is 9.18 Å². The molecule has 3 nitrogen and oxygen atoms in total. The van der Waals surface area contributed by atoms with E-state index in [4.69, 9.17) is 33.7 Å². The molecule has 6 heteroatoms. The van der Waals surface area contributed by atoms with Crippen molar-refractivity contribution in [3.05, 3.63) is 62.9 Å². The molecular weight excluding hydrogens is 316 g/mol. The van der Waals surface area contributed by atoms with Crippen LogP contribution < -0.4 is 5.73 Å². The van der Waals surface area contributed by atoms with Crippen LogP contribution in [0, 0.1) is 12.7 Å². The van der Waals surface area contributed by atoms with E-state index in [0.29, 0.717) is 15.6 Å². The number of carbonyl (C=O) groups excluding carboxylic acids is 1. The highest BCUT2D eigenvalue weighted by atomic mass is 35.5. The van der Waals surface area contributed by atoms with E-state index >= 15 is 0 Å². The number of nitrogens with two attached hydrogens (primary N) is 1. The maximum Gasteiger partial charge on any atom is 0.341 e. The third-order valence-corrected chi connectivity index (χ3v) is 3.61. The zero-order valence-corrected chi connectivity index (χ0v) is 12.6.